The van der Waals surface area contributed by atoms with Gasteiger partial charge in [0.2, 0.25) is 0 Å². The SMILES string of the molecule is CNCCC1CCN(Cc2ccc3nc(C)sc3c2)CC1. The molecule has 1 saturated heterocycles. The first-order valence-electron chi connectivity index (χ1n) is 7.97. The van der Waals surface area contributed by atoms with Crippen LogP contribution in [0, 0.1) is 12.8 Å². The second-order valence-electron chi connectivity index (χ2n) is 6.15. The Bertz CT molecular complexity index is 585. The van der Waals surface area contributed by atoms with E-state index >= 15 is 0 Å². The summed E-state index contributed by atoms with van der Waals surface area (Å²) in [6.07, 6.45) is 4.03. The minimum atomic E-state index is 0.917. The highest BCUT2D eigenvalue weighted by Crippen LogP contribution is 2.25. The number of aryl methyl sites for hydroxylation is 1. The molecule has 3 rings (SSSR count). The number of aromatic nitrogens is 1. The van der Waals surface area contributed by atoms with E-state index in [0.29, 0.717) is 0 Å². The summed E-state index contributed by atoms with van der Waals surface area (Å²) in [5.41, 5.74) is 2.58. The smallest absolute Gasteiger partial charge is 0.0907 e. The average Bonchev–Trinajstić information content (AvgIpc) is 2.86. The number of hydrogen-bond donors (Lipinski definition) is 1. The van der Waals surface area contributed by atoms with Gasteiger partial charge in [0.05, 0.1) is 15.2 Å². The van der Waals surface area contributed by atoms with E-state index in [1.54, 1.807) is 11.3 Å². The molecule has 0 amide bonds. The zero-order chi connectivity index (χ0) is 14.7. The Morgan fingerprint density at radius 3 is 2.90 bits per heavy atom. The molecule has 1 aliphatic rings. The Balaban J connectivity index is 1.56. The number of fused-ring (bicyclic) bond motifs is 1. The molecule has 1 aromatic heterocycles. The van der Waals surface area contributed by atoms with Gasteiger partial charge in [0.1, 0.15) is 0 Å². The molecule has 2 aromatic rings. The topological polar surface area (TPSA) is 28.2 Å². The third-order valence-electron chi connectivity index (χ3n) is 4.48. The Morgan fingerprint density at radius 1 is 1.33 bits per heavy atom. The van der Waals surface area contributed by atoms with E-state index < -0.39 is 0 Å². The van der Waals surface area contributed by atoms with Gasteiger partial charge in [0.25, 0.3) is 0 Å². The van der Waals surface area contributed by atoms with Crippen molar-refractivity contribution in [3.8, 4) is 0 Å². The van der Waals surface area contributed by atoms with Crippen molar-refractivity contribution in [1.29, 1.82) is 0 Å². The van der Waals surface area contributed by atoms with Crippen molar-refractivity contribution < 1.29 is 0 Å². The van der Waals surface area contributed by atoms with Crippen LogP contribution in [0.4, 0.5) is 0 Å². The van der Waals surface area contributed by atoms with Crippen molar-refractivity contribution >= 4 is 21.6 Å². The number of hydrogen-bond acceptors (Lipinski definition) is 4. The normalized spacial score (nSPS) is 17.6. The third kappa shape index (κ3) is 3.82. The molecular formula is C17H25N3S. The van der Waals surface area contributed by atoms with E-state index in [-0.39, 0.29) is 0 Å². The molecule has 1 fully saturated rings. The van der Waals surface area contributed by atoms with Crippen molar-refractivity contribution in [1.82, 2.24) is 15.2 Å². The van der Waals surface area contributed by atoms with Crippen molar-refractivity contribution in [3.63, 3.8) is 0 Å². The van der Waals surface area contributed by atoms with E-state index in [0.717, 1.165) is 29.5 Å². The van der Waals surface area contributed by atoms with Gasteiger partial charge in [-0.15, -0.1) is 11.3 Å². The van der Waals surface area contributed by atoms with E-state index in [1.807, 2.05) is 7.05 Å². The number of nitrogens with zero attached hydrogens (tertiary/aromatic N) is 2. The maximum Gasteiger partial charge on any atom is 0.0907 e. The minimum Gasteiger partial charge on any atom is -0.320 e. The highest BCUT2D eigenvalue weighted by Gasteiger charge is 2.18. The van der Waals surface area contributed by atoms with Crippen molar-refractivity contribution in [3.05, 3.63) is 28.8 Å². The molecule has 0 bridgehead atoms. The molecule has 3 nitrogen and oxygen atoms in total. The lowest BCUT2D eigenvalue weighted by Crippen LogP contribution is -2.34. The molecule has 4 heteroatoms. The Morgan fingerprint density at radius 2 is 2.14 bits per heavy atom. The summed E-state index contributed by atoms with van der Waals surface area (Å²) in [5, 5.41) is 4.43. The number of thiazole rings is 1. The fourth-order valence-electron chi connectivity index (χ4n) is 3.22. The lowest BCUT2D eigenvalue weighted by Gasteiger charge is -2.32. The van der Waals surface area contributed by atoms with Crippen molar-refractivity contribution in [2.75, 3.05) is 26.7 Å². The highest BCUT2D eigenvalue weighted by atomic mass is 32.1. The summed E-state index contributed by atoms with van der Waals surface area (Å²) < 4.78 is 1.33. The van der Waals surface area contributed by atoms with Gasteiger partial charge >= 0.3 is 0 Å². The van der Waals surface area contributed by atoms with Crippen molar-refractivity contribution in [2.24, 2.45) is 5.92 Å². The third-order valence-corrected chi connectivity index (χ3v) is 5.41. The molecule has 0 spiro atoms. The second-order valence-corrected chi connectivity index (χ2v) is 7.38. The van der Waals surface area contributed by atoms with E-state index in [4.69, 9.17) is 0 Å². The van der Waals surface area contributed by atoms with Gasteiger partial charge < -0.3 is 5.32 Å². The van der Waals surface area contributed by atoms with Crippen LogP contribution in [0.5, 0.6) is 0 Å². The van der Waals surface area contributed by atoms with Gasteiger partial charge in [-0.2, -0.15) is 0 Å². The molecule has 1 aliphatic heterocycles. The van der Waals surface area contributed by atoms with E-state index in [2.05, 4.69) is 40.3 Å². The molecule has 0 atom stereocenters. The van der Waals surface area contributed by atoms with Gasteiger partial charge in [0.15, 0.2) is 0 Å². The summed E-state index contributed by atoms with van der Waals surface area (Å²) in [4.78, 5) is 7.14. The summed E-state index contributed by atoms with van der Waals surface area (Å²) in [6, 6.07) is 6.75. The molecule has 1 N–H and O–H groups in total. The predicted molar refractivity (Wildman–Crippen MR) is 90.9 cm³/mol. The van der Waals surface area contributed by atoms with Crippen LogP contribution in [0.1, 0.15) is 29.8 Å². The van der Waals surface area contributed by atoms with Crippen LogP contribution < -0.4 is 5.32 Å². The summed E-state index contributed by atoms with van der Waals surface area (Å²) >= 11 is 1.80. The molecule has 0 radical (unpaired) electrons. The van der Waals surface area contributed by atoms with Crippen LogP contribution in [-0.2, 0) is 6.54 Å². The van der Waals surface area contributed by atoms with E-state index in [1.165, 1.54) is 42.6 Å². The monoisotopic (exact) mass is 303 g/mol. The summed E-state index contributed by atoms with van der Waals surface area (Å²) in [5.74, 6) is 0.917. The molecule has 21 heavy (non-hydrogen) atoms. The highest BCUT2D eigenvalue weighted by molar-refractivity contribution is 7.18. The van der Waals surface area contributed by atoms with Crippen LogP contribution in [0.15, 0.2) is 18.2 Å². The second kappa shape index (κ2) is 6.86. The van der Waals surface area contributed by atoms with E-state index in [9.17, 15) is 0 Å². The minimum absolute atomic E-state index is 0.917. The van der Waals surface area contributed by atoms with Gasteiger partial charge in [-0.25, -0.2) is 4.98 Å². The molecule has 0 saturated carbocycles. The molecule has 0 unspecified atom stereocenters. The standard InChI is InChI=1S/C17H25N3S/c1-13-19-16-4-3-15(11-17(16)21-13)12-20-9-6-14(7-10-20)5-8-18-2/h3-4,11,14,18H,5-10,12H2,1-2H3. The maximum atomic E-state index is 4.54. The number of rotatable bonds is 5. The average molecular weight is 303 g/mol. The first kappa shape index (κ1) is 14.9. The molecule has 0 aliphatic carbocycles. The lowest BCUT2D eigenvalue weighted by atomic mass is 9.93. The first-order valence-corrected chi connectivity index (χ1v) is 8.79. The van der Waals surface area contributed by atoms with Gasteiger partial charge in [-0.05, 0) is 76.5 Å². The molecule has 1 aromatic carbocycles. The fraction of sp³-hybridized carbons (Fsp3) is 0.588. The number of piperidine rings is 1. The van der Waals surface area contributed by atoms with Crippen LogP contribution >= 0.6 is 11.3 Å². The first-order chi connectivity index (χ1) is 10.2. The Labute approximate surface area is 131 Å². The largest absolute Gasteiger partial charge is 0.320 e. The van der Waals surface area contributed by atoms with Crippen molar-refractivity contribution in [2.45, 2.75) is 32.7 Å². The summed E-state index contributed by atoms with van der Waals surface area (Å²) in [6.45, 7) is 6.82. The Hall–Kier alpha value is -0.970. The molecular weight excluding hydrogens is 278 g/mol. The molecule has 114 valence electrons. The van der Waals surface area contributed by atoms with Crippen LogP contribution in [0.3, 0.4) is 0 Å². The molecule has 2 heterocycles. The zero-order valence-electron chi connectivity index (χ0n) is 13.1. The zero-order valence-corrected chi connectivity index (χ0v) is 13.9. The van der Waals surface area contributed by atoms with Gasteiger partial charge in [-0.1, -0.05) is 6.07 Å². The predicted octanol–water partition coefficient (Wildman–Crippen LogP) is 3.43. The van der Waals surface area contributed by atoms with Crippen LogP contribution in [0.2, 0.25) is 0 Å². The Kier molecular flexibility index (Phi) is 4.88. The maximum absolute atomic E-state index is 4.54. The summed E-state index contributed by atoms with van der Waals surface area (Å²) in [7, 11) is 2.05. The number of benzene rings is 1. The van der Waals surface area contributed by atoms with Gasteiger partial charge in [-0.3, -0.25) is 4.90 Å². The fourth-order valence-corrected chi connectivity index (χ4v) is 4.11. The quantitative estimate of drug-likeness (QED) is 0.917. The van der Waals surface area contributed by atoms with Gasteiger partial charge in [0, 0.05) is 6.54 Å². The van der Waals surface area contributed by atoms with Crippen LogP contribution in [-0.4, -0.2) is 36.6 Å². The lowest BCUT2D eigenvalue weighted by molar-refractivity contribution is 0.172. The number of nitrogens with one attached hydrogen (secondary N) is 1. The van der Waals surface area contributed by atoms with Crippen LogP contribution in [0.25, 0.3) is 10.2 Å². The number of likely N-dealkylation sites (tertiary alicyclic amines) is 1.